The first kappa shape index (κ1) is 13.0. The van der Waals surface area contributed by atoms with Crippen LogP contribution in [0.4, 0.5) is 8.78 Å². The molecule has 0 N–H and O–H groups in total. The molecule has 0 fully saturated rings. The van der Waals surface area contributed by atoms with Crippen molar-refractivity contribution in [1.82, 2.24) is 0 Å². The fourth-order valence-corrected chi connectivity index (χ4v) is 3.35. The minimum atomic E-state index is -0.875. The SMILES string of the molecule is Cc1cc(C(Cl)c2ccc(F)c(F)c2)sc1Br. The first-order valence-electron chi connectivity index (χ1n) is 4.84. The van der Waals surface area contributed by atoms with Crippen LogP contribution in [0.15, 0.2) is 28.1 Å². The molecule has 0 aliphatic rings. The lowest BCUT2D eigenvalue weighted by molar-refractivity contribution is 0.507. The summed E-state index contributed by atoms with van der Waals surface area (Å²) < 4.78 is 26.9. The normalized spacial score (nSPS) is 12.8. The molecule has 5 heteroatoms. The van der Waals surface area contributed by atoms with E-state index >= 15 is 0 Å². The maximum absolute atomic E-state index is 13.1. The summed E-state index contributed by atoms with van der Waals surface area (Å²) >= 11 is 11.1. The summed E-state index contributed by atoms with van der Waals surface area (Å²) in [7, 11) is 0. The van der Waals surface area contributed by atoms with Gasteiger partial charge in [-0.05, 0) is 52.2 Å². The zero-order chi connectivity index (χ0) is 12.6. The number of hydrogen-bond donors (Lipinski definition) is 0. The van der Waals surface area contributed by atoms with Crippen molar-refractivity contribution in [2.75, 3.05) is 0 Å². The van der Waals surface area contributed by atoms with Crippen LogP contribution in [0, 0.1) is 18.6 Å². The topological polar surface area (TPSA) is 0 Å². The molecule has 0 saturated carbocycles. The molecule has 1 aromatic carbocycles. The van der Waals surface area contributed by atoms with Gasteiger partial charge in [0, 0.05) is 4.88 Å². The second-order valence-electron chi connectivity index (χ2n) is 3.64. The number of thiophene rings is 1. The van der Waals surface area contributed by atoms with E-state index in [2.05, 4.69) is 15.9 Å². The molecule has 90 valence electrons. The van der Waals surface area contributed by atoms with Crippen molar-refractivity contribution in [2.24, 2.45) is 0 Å². The van der Waals surface area contributed by atoms with Crippen LogP contribution in [-0.2, 0) is 0 Å². The van der Waals surface area contributed by atoms with Crippen LogP contribution in [0.3, 0.4) is 0 Å². The van der Waals surface area contributed by atoms with Crippen molar-refractivity contribution in [1.29, 1.82) is 0 Å². The highest BCUT2D eigenvalue weighted by Gasteiger charge is 2.16. The third kappa shape index (κ3) is 2.69. The molecule has 0 saturated heterocycles. The van der Waals surface area contributed by atoms with E-state index in [9.17, 15) is 8.78 Å². The van der Waals surface area contributed by atoms with Gasteiger partial charge in [0.2, 0.25) is 0 Å². The smallest absolute Gasteiger partial charge is 0.159 e. The zero-order valence-corrected chi connectivity index (χ0v) is 12.0. The first-order chi connectivity index (χ1) is 7.99. The molecule has 1 aromatic heterocycles. The summed E-state index contributed by atoms with van der Waals surface area (Å²) in [6.07, 6.45) is 0. The third-order valence-corrected chi connectivity index (χ3v) is 5.18. The average Bonchev–Trinajstić information content (AvgIpc) is 2.62. The molecule has 0 spiro atoms. The molecule has 1 heterocycles. The Hall–Kier alpha value is -0.450. The van der Waals surface area contributed by atoms with Crippen LogP contribution in [0.1, 0.15) is 21.4 Å². The van der Waals surface area contributed by atoms with Crippen LogP contribution in [0.2, 0.25) is 0 Å². The summed E-state index contributed by atoms with van der Waals surface area (Å²) in [4.78, 5) is 0.905. The number of halogens is 4. The van der Waals surface area contributed by atoms with E-state index in [1.807, 2.05) is 13.0 Å². The summed E-state index contributed by atoms with van der Waals surface area (Å²) in [5.74, 6) is -1.73. The van der Waals surface area contributed by atoms with E-state index in [0.717, 1.165) is 26.4 Å². The van der Waals surface area contributed by atoms with Crippen molar-refractivity contribution in [3.63, 3.8) is 0 Å². The summed E-state index contributed by atoms with van der Waals surface area (Å²) in [5, 5.41) is -0.458. The largest absolute Gasteiger partial charge is 0.204 e. The Kier molecular flexibility index (Phi) is 3.85. The van der Waals surface area contributed by atoms with E-state index in [4.69, 9.17) is 11.6 Å². The highest BCUT2D eigenvalue weighted by molar-refractivity contribution is 9.11. The molecule has 0 nitrogen and oxygen atoms in total. The Morgan fingerprint density at radius 1 is 1.24 bits per heavy atom. The second-order valence-corrected chi connectivity index (χ2v) is 6.48. The number of aryl methyl sites for hydroxylation is 1. The summed E-state index contributed by atoms with van der Waals surface area (Å²) in [5.41, 5.74) is 1.64. The Bertz CT molecular complexity index is 534. The quantitative estimate of drug-likeness (QED) is 0.641. The molecule has 1 atom stereocenters. The van der Waals surface area contributed by atoms with E-state index in [-0.39, 0.29) is 0 Å². The summed E-state index contributed by atoms with van der Waals surface area (Å²) in [6.45, 7) is 1.96. The van der Waals surface area contributed by atoms with Crippen molar-refractivity contribution in [3.8, 4) is 0 Å². The minimum Gasteiger partial charge on any atom is -0.204 e. The van der Waals surface area contributed by atoms with Crippen LogP contribution in [-0.4, -0.2) is 0 Å². The van der Waals surface area contributed by atoms with Gasteiger partial charge in [-0.25, -0.2) is 8.78 Å². The van der Waals surface area contributed by atoms with E-state index in [1.54, 1.807) is 0 Å². The molecule has 2 aromatic rings. The average molecular weight is 338 g/mol. The lowest BCUT2D eigenvalue weighted by Crippen LogP contribution is -1.93. The molecule has 0 aliphatic heterocycles. The fraction of sp³-hybridized carbons (Fsp3) is 0.167. The molecular weight excluding hydrogens is 330 g/mol. The fourth-order valence-electron chi connectivity index (χ4n) is 1.44. The van der Waals surface area contributed by atoms with Gasteiger partial charge >= 0.3 is 0 Å². The number of rotatable bonds is 2. The minimum absolute atomic E-state index is 0.458. The van der Waals surface area contributed by atoms with Crippen LogP contribution in [0.25, 0.3) is 0 Å². The Labute approximate surface area is 115 Å². The molecule has 0 bridgehead atoms. The van der Waals surface area contributed by atoms with Gasteiger partial charge in [0.1, 0.15) is 0 Å². The van der Waals surface area contributed by atoms with Crippen molar-refractivity contribution in [2.45, 2.75) is 12.3 Å². The predicted octanol–water partition coefficient (Wildman–Crippen LogP) is 5.43. The van der Waals surface area contributed by atoms with Gasteiger partial charge in [-0.3, -0.25) is 0 Å². The molecule has 0 radical (unpaired) electrons. The van der Waals surface area contributed by atoms with Gasteiger partial charge in [-0.1, -0.05) is 6.07 Å². The number of alkyl halides is 1. The van der Waals surface area contributed by atoms with Crippen molar-refractivity contribution in [3.05, 3.63) is 55.7 Å². The first-order valence-corrected chi connectivity index (χ1v) is 6.88. The van der Waals surface area contributed by atoms with E-state index in [1.165, 1.54) is 17.4 Å². The molecule has 0 aliphatic carbocycles. The van der Waals surface area contributed by atoms with Crippen LogP contribution >= 0.6 is 38.9 Å². The maximum atomic E-state index is 13.1. The molecule has 0 amide bonds. The van der Waals surface area contributed by atoms with Gasteiger partial charge in [-0.15, -0.1) is 22.9 Å². The highest BCUT2D eigenvalue weighted by Crippen LogP contribution is 2.38. The van der Waals surface area contributed by atoms with Crippen molar-refractivity contribution < 1.29 is 8.78 Å². The van der Waals surface area contributed by atoms with Gasteiger partial charge in [0.15, 0.2) is 11.6 Å². The predicted molar refractivity (Wildman–Crippen MR) is 70.8 cm³/mol. The Morgan fingerprint density at radius 2 is 1.94 bits per heavy atom. The lowest BCUT2D eigenvalue weighted by Gasteiger charge is -2.07. The van der Waals surface area contributed by atoms with E-state index in [0.29, 0.717) is 5.56 Å². The van der Waals surface area contributed by atoms with Crippen molar-refractivity contribution >= 4 is 38.9 Å². The highest BCUT2D eigenvalue weighted by atomic mass is 79.9. The zero-order valence-electron chi connectivity index (χ0n) is 8.81. The standard InChI is InChI=1S/C12H8BrClF2S/c1-6-4-10(17-12(6)13)11(14)7-2-3-8(15)9(16)5-7/h2-5,11H,1H3. The van der Waals surface area contributed by atoms with E-state index < -0.39 is 17.0 Å². The molecular formula is C12H8BrClF2S. The molecule has 17 heavy (non-hydrogen) atoms. The summed E-state index contributed by atoms with van der Waals surface area (Å²) in [6, 6.07) is 5.66. The Balaban J connectivity index is 2.36. The van der Waals surface area contributed by atoms with Gasteiger partial charge in [-0.2, -0.15) is 0 Å². The maximum Gasteiger partial charge on any atom is 0.159 e. The third-order valence-electron chi connectivity index (χ3n) is 2.36. The number of benzene rings is 1. The monoisotopic (exact) mass is 336 g/mol. The van der Waals surface area contributed by atoms with Crippen LogP contribution in [0.5, 0.6) is 0 Å². The molecule has 1 unspecified atom stereocenters. The van der Waals surface area contributed by atoms with Gasteiger partial charge in [0.05, 0.1) is 9.16 Å². The lowest BCUT2D eigenvalue weighted by atomic mass is 10.1. The second kappa shape index (κ2) is 5.04. The van der Waals surface area contributed by atoms with Gasteiger partial charge < -0.3 is 0 Å². The molecule has 2 rings (SSSR count). The Morgan fingerprint density at radius 3 is 2.47 bits per heavy atom. The van der Waals surface area contributed by atoms with Crippen LogP contribution < -0.4 is 0 Å². The number of hydrogen-bond acceptors (Lipinski definition) is 1. The van der Waals surface area contributed by atoms with Gasteiger partial charge in [0.25, 0.3) is 0 Å².